The minimum atomic E-state index is -1.74. The van der Waals surface area contributed by atoms with Gasteiger partial charge in [0.15, 0.2) is 6.29 Å². The van der Waals surface area contributed by atoms with Crippen LogP contribution in [0.3, 0.4) is 0 Å². The van der Waals surface area contributed by atoms with E-state index in [2.05, 4.69) is 0 Å². The molecule has 0 aliphatic rings. The van der Waals surface area contributed by atoms with Crippen LogP contribution in [0.25, 0.3) is 0 Å². The van der Waals surface area contributed by atoms with Crippen LogP contribution in [0.2, 0.25) is 0 Å². The highest BCUT2D eigenvalue weighted by atomic mass is 16.5. The standard InChI is InChI=1S/C13H18O6/c14-6-10(15)12(17)13(18)11(16)8-19-7-9-4-2-1-3-5-9/h1-6,10-13,15-18H,7-8H2. The number of carbonyl (C=O) groups is 1. The molecule has 1 rings (SSSR count). The summed E-state index contributed by atoms with van der Waals surface area (Å²) < 4.78 is 5.18. The number of ether oxygens (including phenoxy) is 1. The molecule has 0 aliphatic heterocycles. The van der Waals surface area contributed by atoms with Gasteiger partial charge in [-0.05, 0) is 5.56 Å². The Balaban J connectivity index is 2.34. The normalized spacial score (nSPS) is 17.5. The molecule has 0 radical (unpaired) electrons. The molecule has 6 nitrogen and oxygen atoms in total. The molecule has 1 aromatic carbocycles. The van der Waals surface area contributed by atoms with E-state index >= 15 is 0 Å². The van der Waals surface area contributed by atoms with Crippen molar-refractivity contribution in [1.29, 1.82) is 0 Å². The van der Waals surface area contributed by atoms with Crippen LogP contribution >= 0.6 is 0 Å². The first-order valence-corrected chi connectivity index (χ1v) is 5.85. The Morgan fingerprint density at radius 2 is 1.68 bits per heavy atom. The first kappa shape index (κ1) is 15.7. The molecule has 0 spiro atoms. The Bertz CT molecular complexity index is 369. The molecule has 4 unspecified atom stereocenters. The summed E-state index contributed by atoms with van der Waals surface area (Å²) in [5.74, 6) is 0. The molecule has 1 aromatic rings. The van der Waals surface area contributed by atoms with Crippen LogP contribution in [-0.4, -0.2) is 57.7 Å². The van der Waals surface area contributed by atoms with Gasteiger partial charge in [0.1, 0.15) is 24.4 Å². The average molecular weight is 270 g/mol. The smallest absolute Gasteiger partial charge is 0.151 e. The van der Waals surface area contributed by atoms with Crippen molar-refractivity contribution in [1.82, 2.24) is 0 Å². The highest BCUT2D eigenvalue weighted by molar-refractivity contribution is 5.56. The van der Waals surface area contributed by atoms with Gasteiger partial charge in [-0.1, -0.05) is 30.3 Å². The fourth-order valence-corrected chi connectivity index (χ4v) is 1.48. The summed E-state index contributed by atoms with van der Waals surface area (Å²) in [6, 6.07) is 9.23. The molecule has 19 heavy (non-hydrogen) atoms. The highest BCUT2D eigenvalue weighted by Crippen LogP contribution is 2.06. The number of hydrogen-bond acceptors (Lipinski definition) is 6. The Labute approximate surface area is 110 Å². The summed E-state index contributed by atoms with van der Waals surface area (Å²) in [6.45, 7) is 0.0235. The van der Waals surface area contributed by atoms with Crippen molar-refractivity contribution in [2.75, 3.05) is 6.61 Å². The van der Waals surface area contributed by atoms with Crippen LogP contribution in [0.4, 0.5) is 0 Å². The SMILES string of the molecule is O=CC(O)C(O)C(O)C(O)COCc1ccccc1. The summed E-state index contributed by atoms with van der Waals surface area (Å²) in [7, 11) is 0. The van der Waals surface area contributed by atoms with E-state index in [0.717, 1.165) is 5.56 Å². The van der Waals surface area contributed by atoms with Crippen LogP contribution in [0, 0.1) is 0 Å². The quantitative estimate of drug-likeness (QED) is 0.444. The zero-order valence-corrected chi connectivity index (χ0v) is 10.3. The maximum atomic E-state index is 10.2. The van der Waals surface area contributed by atoms with Gasteiger partial charge in [0, 0.05) is 0 Å². The second-order valence-corrected chi connectivity index (χ2v) is 4.18. The fraction of sp³-hybridized carbons (Fsp3) is 0.462. The van der Waals surface area contributed by atoms with Crippen molar-refractivity contribution >= 4 is 6.29 Å². The van der Waals surface area contributed by atoms with Gasteiger partial charge in [0.25, 0.3) is 0 Å². The molecule has 6 heteroatoms. The number of benzene rings is 1. The Hall–Kier alpha value is -1.31. The van der Waals surface area contributed by atoms with E-state index in [4.69, 9.17) is 9.84 Å². The molecular weight excluding hydrogens is 252 g/mol. The number of aliphatic hydroxyl groups excluding tert-OH is 4. The van der Waals surface area contributed by atoms with Gasteiger partial charge in [-0.15, -0.1) is 0 Å². The molecule has 0 heterocycles. The zero-order chi connectivity index (χ0) is 14.3. The molecule has 0 saturated carbocycles. The summed E-state index contributed by atoms with van der Waals surface area (Å²) in [4.78, 5) is 10.2. The van der Waals surface area contributed by atoms with Crippen LogP contribution in [0.1, 0.15) is 5.56 Å². The second-order valence-electron chi connectivity index (χ2n) is 4.18. The van der Waals surface area contributed by atoms with Crippen LogP contribution in [0.5, 0.6) is 0 Å². The van der Waals surface area contributed by atoms with Gasteiger partial charge in [-0.25, -0.2) is 0 Å². The number of rotatable bonds is 8. The molecule has 4 atom stereocenters. The number of aldehydes is 1. The third kappa shape index (κ3) is 5.06. The Morgan fingerprint density at radius 3 is 2.26 bits per heavy atom. The van der Waals surface area contributed by atoms with Crippen molar-refractivity contribution in [2.24, 2.45) is 0 Å². The largest absolute Gasteiger partial charge is 0.388 e. The van der Waals surface area contributed by atoms with Crippen molar-refractivity contribution in [3.05, 3.63) is 35.9 Å². The zero-order valence-electron chi connectivity index (χ0n) is 10.3. The molecule has 0 aliphatic carbocycles. The van der Waals surface area contributed by atoms with Gasteiger partial charge < -0.3 is 30.0 Å². The Kier molecular flexibility index (Phi) is 6.61. The van der Waals surface area contributed by atoms with E-state index in [1.165, 1.54) is 0 Å². The molecular formula is C13H18O6. The lowest BCUT2D eigenvalue weighted by molar-refractivity contribution is -0.139. The lowest BCUT2D eigenvalue weighted by Gasteiger charge is -2.24. The predicted molar refractivity (Wildman–Crippen MR) is 66.2 cm³/mol. The minimum absolute atomic E-state index is 0.0887. The van der Waals surface area contributed by atoms with E-state index in [1.54, 1.807) is 0 Å². The minimum Gasteiger partial charge on any atom is -0.388 e. The van der Waals surface area contributed by atoms with Crippen molar-refractivity contribution in [3.8, 4) is 0 Å². The molecule has 4 N–H and O–H groups in total. The molecule has 106 valence electrons. The van der Waals surface area contributed by atoms with E-state index in [9.17, 15) is 20.1 Å². The number of hydrogen-bond donors (Lipinski definition) is 4. The molecule has 0 fully saturated rings. The number of aliphatic hydroxyl groups is 4. The summed E-state index contributed by atoms with van der Waals surface area (Å²) in [5, 5.41) is 37.4. The van der Waals surface area contributed by atoms with E-state index in [0.29, 0.717) is 0 Å². The van der Waals surface area contributed by atoms with E-state index < -0.39 is 24.4 Å². The molecule has 0 bridgehead atoms. The summed E-state index contributed by atoms with van der Waals surface area (Å²) in [6.07, 6.45) is -6.44. The van der Waals surface area contributed by atoms with Crippen molar-refractivity contribution in [2.45, 2.75) is 31.0 Å². The molecule has 0 aromatic heterocycles. The van der Waals surface area contributed by atoms with Crippen LogP contribution in [-0.2, 0) is 16.1 Å². The predicted octanol–water partition coefficient (Wildman–Crippen LogP) is -1.15. The number of carbonyl (C=O) groups excluding carboxylic acids is 1. The van der Waals surface area contributed by atoms with Gasteiger partial charge in [-0.3, -0.25) is 0 Å². The van der Waals surface area contributed by atoms with E-state index in [1.807, 2.05) is 30.3 Å². The topological polar surface area (TPSA) is 107 Å². The lowest BCUT2D eigenvalue weighted by Crippen LogP contribution is -2.46. The monoisotopic (exact) mass is 270 g/mol. The molecule has 0 saturated heterocycles. The van der Waals surface area contributed by atoms with Gasteiger partial charge in [0.05, 0.1) is 13.2 Å². The maximum Gasteiger partial charge on any atom is 0.151 e. The van der Waals surface area contributed by atoms with E-state index in [-0.39, 0.29) is 19.5 Å². The van der Waals surface area contributed by atoms with Crippen LogP contribution in [0.15, 0.2) is 30.3 Å². The van der Waals surface area contributed by atoms with Crippen LogP contribution < -0.4 is 0 Å². The first-order chi connectivity index (χ1) is 9.06. The van der Waals surface area contributed by atoms with Gasteiger partial charge >= 0.3 is 0 Å². The fourth-order valence-electron chi connectivity index (χ4n) is 1.48. The second kappa shape index (κ2) is 7.98. The third-order valence-corrected chi connectivity index (χ3v) is 2.63. The van der Waals surface area contributed by atoms with Gasteiger partial charge in [0.2, 0.25) is 0 Å². The van der Waals surface area contributed by atoms with Crippen molar-refractivity contribution in [3.63, 3.8) is 0 Å². The third-order valence-electron chi connectivity index (χ3n) is 2.63. The highest BCUT2D eigenvalue weighted by Gasteiger charge is 2.30. The first-order valence-electron chi connectivity index (χ1n) is 5.85. The van der Waals surface area contributed by atoms with Gasteiger partial charge in [-0.2, -0.15) is 0 Å². The summed E-state index contributed by atoms with van der Waals surface area (Å²) >= 11 is 0. The van der Waals surface area contributed by atoms with Crippen molar-refractivity contribution < 1.29 is 30.0 Å². The average Bonchev–Trinajstić information content (AvgIpc) is 2.45. The molecule has 0 amide bonds. The maximum absolute atomic E-state index is 10.2. The summed E-state index contributed by atoms with van der Waals surface area (Å²) in [5.41, 5.74) is 0.901. The Morgan fingerprint density at radius 1 is 1.05 bits per heavy atom. The lowest BCUT2D eigenvalue weighted by atomic mass is 10.0.